The molecule has 9 nitrogen and oxygen atoms in total. The van der Waals surface area contributed by atoms with Gasteiger partial charge in [0.1, 0.15) is 23.2 Å². The first-order valence-corrected chi connectivity index (χ1v) is 9.45. The first-order valence-electron chi connectivity index (χ1n) is 9.45. The number of hydrogen-bond donors (Lipinski definition) is 2. The lowest BCUT2D eigenvalue weighted by atomic mass is 10.1. The standard InChI is InChI=1S/C19H23FN6O.CH2O2/c1-11-7-12(20)8-14(27)16(11)18-23-17-19(26(18)4)21-9-15(22-17)25(3)13-5-6-24(2)10-13;2-1-3/h7-9,13,27H,5-6,10H2,1-4H3;1H,(H,2,3). The van der Waals surface area contributed by atoms with Gasteiger partial charge >= 0.3 is 0 Å². The zero-order valence-electron chi connectivity index (χ0n) is 17.4. The van der Waals surface area contributed by atoms with Gasteiger partial charge in [-0.15, -0.1) is 0 Å². The highest BCUT2D eigenvalue weighted by molar-refractivity contribution is 5.78. The number of hydrogen-bond acceptors (Lipinski definition) is 7. The van der Waals surface area contributed by atoms with E-state index in [2.05, 4.69) is 31.8 Å². The Labute approximate surface area is 173 Å². The monoisotopic (exact) mass is 416 g/mol. The Morgan fingerprint density at radius 3 is 2.60 bits per heavy atom. The highest BCUT2D eigenvalue weighted by Gasteiger charge is 2.25. The number of fused-ring (bicyclic) bond motifs is 1. The molecule has 3 heterocycles. The second-order valence-electron chi connectivity index (χ2n) is 7.41. The number of likely N-dealkylation sites (tertiary alicyclic amines) is 1. The molecule has 3 aromatic rings. The first-order chi connectivity index (χ1) is 14.3. The molecule has 4 rings (SSSR count). The van der Waals surface area contributed by atoms with Crippen molar-refractivity contribution in [3.05, 3.63) is 29.7 Å². The van der Waals surface area contributed by atoms with E-state index >= 15 is 0 Å². The largest absolute Gasteiger partial charge is 0.507 e. The number of aryl methyl sites for hydroxylation is 2. The molecule has 1 fully saturated rings. The van der Waals surface area contributed by atoms with Crippen LogP contribution in [0.1, 0.15) is 12.0 Å². The van der Waals surface area contributed by atoms with Gasteiger partial charge in [-0.3, -0.25) is 4.79 Å². The van der Waals surface area contributed by atoms with Gasteiger partial charge in [0.15, 0.2) is 11.3 Å². The number of aromatic nitrogens is 4. The van der Waals surface area contributed by atoms with E-state index in [9.17, 15) is 9.50 Å². The number of carboxylic acid groups (broad SMARTS) is 1. The Kier molecular flexibility index (Phi) is 6.16. The summed E-state index contributed by atoms with van der Waals surface area (Å²) < 4.78 is 15.3. The van der Waals surface area contributed by atoms with Crippen molar-refractivity contribution in [3.63, 3.8) is 0 Å². The molecule has 0 radical (unpaired) electrons. The number of nitrogens with zero attached hydrogens (tertiary/aromatic N) is 6. The van der Waals surface area contributed by atoms with Crippen molar-refractivity contribution < 1.29 is 19.4 Å². The normalized spacial score (nSPS) is 16.4. The van der Waals surface area contributed by atoms with Crippen molar-refractivity contribution in [2.45, 2.75) is 19.4 Å². The van der Waals surface area contributed by atoms with Gasteiger partial charge in [-0.1, -0.05) is 0 Å². The molecule has 0 amide bonds. The zero-order valence-corrected chi connectivity index (χ0v) is 17.4. The molecule has 1 aromatic carbocycles. The van der Waals surface area contributed by atoms with Crippen LogP contribution in [0.3, 0.4) is 0 Å². The van der Waals surface area contributed by atoms with E-state index < -0.39 is 5.82 Å². The predicted octanol–water partition coefficient (Wildman–Crippen LogP) is 2.02. The van der Waals surface area contributed by atoms with Gasteiger partial charge in [-0.05, 0) is 38.6 Å². The number of likely N-dealkylation sites (N-methyl/N-ethyl adjacent to an activating group) is 2. The summed E-state index contributed by atoms with van der Waals surface area (Å²) in [6.45, 7) is 3.56. The molecule has 10 heteroatoms. The van der Waals surface area contributed by atoms with Gasteiger partial charge in [-0.2, -0.15) is 0 Å². The summed E-state index contributed by atoms with van der Waals surface area (Å²) in [7, 11) is 5.96. The number of rotatable bonds is 3. The number of phenols is 1. The van der Waals surface area contributed by atoms with E-state index in [0.717, 1.165) is 31.4 Å². The van der Waals surface area contributed by atoms with E-state index in [4.69, 9.17) is 9.90 Å². The van der Waals surface area contributed by atoms with Crippen molar-refractivity contribution >= 4 is 23.6 Å². The smallest absolute Gasteiger partial charge is 0.290 e. The SMILES string of the molecule is Cc1cc(F)cc(O)c1-c1nc2nc(N(C)C3CCN(C)C3)cnc2n1C.O=CO. The second kappa shape index (κ2) is 8.62. The minimum absolute atomic E-state index is 0.141. The topological polar surface area (TPSA) is 108 Å². The van der Waals surface area contributed by atoms with Crippen LogP contribution in [0.5, 0.6) is 5.75 Å². The number of halogens is 1. The van der Waals surface area contributed by atoms with Gasteiger partial charge in [0.2, 0.25) is 0 Å². The molecule has 0 saturated carbocycles. The van der Waals surface area contributed by atoms with E-state index in [1.165, 1.54) is 6.07 Å². The maximum atomic E-state index is 13.5. The molecule has 0 bridgehead atoms. The molecule has 1 unspecified atom stereocenters. The van der Waals surface area contributed by atoms with Crippen LogP contribution in [-0.2, 0) is 11.8 Å². The Balaban J connectivity index is 0.000000806. The molecule has 160 valence electrons. The van der Waals surface area contributed by atoms with Crippen LogP contribution in [0.25, 0.3) is 22.7 Å². The summed E-state index contributed by atoms with van der Waals surface area (Å²) in [6.07, 6.45) is 2.84. The molecule has 1 atom stereocenters. The van der Waals surface area contributed by atoms with Crippen molar-refractivity contribution in [3.8, 4) is 17.1 Å². The van der Waals surface area contributed by atoms with Crippen LogP contribution in [-0.4, -0.2) is 74.3 Å². The minimum atomic E-state index is -0.478. The molecule has 0 aliphatic carbocycles. The van der Waals surface area contributed by atoms with Gasteiger partial charge in [-0.25, -0.2) is 19.3 Å². The third kappa shape index (κ3) is 4.04. The van der Waals surface area contributed by atoms with E-state index in [-0.39, 0.29) is 12.2 Å². The second-order valence-corrected chi connectivity index (χ2v) is 7.41. The third-order valence-electron chi connectivity index (χ3n) is 5.35. The zero-order chi connectivity index (χ0) is 22.0. The van der Waals surface area contributed by atoms with Crippen molar-refractivity contribution in [1.29, 1.82) is 0 Å². The molecule has 2 N–H and O–H groups in total. The molecule has 2 aromatic heterocycles. The molecule has 1 saturated heterocycles. The van der Waals surface area contributed by atoms with Crippen molar-refractivity contribution in [1.82, 2.24) is 24.4 Å². The Bertz CT molecular complexity index is 1050. The van der Waals surface area contributed by atoms with Crippen LogP contribution in [0.4, 0.5) is 10.2 Å². The van der Waals surface area contributed by atoms with Gasteiger partial charge in [0, 0.05) is 32.7 Å². The first kappa shape index (κ1) is 21.4. The summed E-state index contributed by atoms with van der Waals surface area (Å²) in [6, 6.07) is 2.87. The summed E-state index contributed by atoms with van der Waals surface area (Å²) in [5.41, 5.74) is 2.23. The van der Waals surface area contributed by atoms with Crippen LogP contribution in [0.2, 0.25) is 0 Å². The predicted molar refractivity (Wildman–Crippen MR) is 111 cm³/mol. The quantitative estimate of drug-likeness (QED) is 0.625. The summed E-state index contributed by atoms with van der Waals surface area (Å²) in [5.74, 6) is 0.666. The Hall–Kier alpha value is -3.27. The lowest BCUT2D eigenvalue weighted by Crippen LogP contribution is -2.34. The third-order valence-corrected chi connectivity index (χ3v) is 5.35. The molecular formula is C20H25FN6O3. The number of benzene rings is 1. The molecule has 1 aliphatic rings. The van der Waals surface area contributed by atoms with E-state index in [0.29, 0.717) is 34.3 Å². The molecule has 1 aliphatic heterocycles. The fraction of sp³-hybridized carbons (Fsp3) is 0.400. The fourth-order valence-corrected chi connectivity index (χ4v) is 3.78. The lowest BCUT2D eigenvalue weighted by molar-refractivity contribution is -0.122. The maximum Gasteiger partial charge on any atom is 0.290 e. The number of aromatic hydroxyl groups is 1. The van der Waals surface area contributed by atoms with Crippen molar-refractivity contribution in [2.75, 3.05) is 32.1 Å². The van der Waals surface area contributed by atoms with Crippen molar-refractivity contribution in [2.24, 2.45) is 7.05 Å². The molecule has 0 spiro atoms. The van der Waals surface area contributed by atoms with Crippen LogP contribution < -0.4 is 4.90 Å². The Morgan fingerprint density at radius 2 is 2.00 bits per heavy atom. The number of anilines is 1. The van der Waals surface area contributed by atoms with Crippen LogP contribution >= 0.6 is 0 Å². The highest BCUT2D eigenvalue weighted by Crippen LogP contribution is 2.34. The average Bonchev–Trinajstić information content (AvgIpc) is 3.25. The summed E-state index contributed by atoms with van der Waals surface area (Å²) in [4.78, 5) is 26.6. The number of imidazole rings is 1. The average molecular weight is 416 g/mol. The molecular weight excluding hydrogens is 391 g/mol. The van der Waals surface area contributed by atoms with Crippen LogP contribution in [0, 0.1) is 12.7 Å². The van der Waals surface area contributed by atoms with Gasteiger partial charge in [0.05, 0.1) is 11.8 Å². The number of carbonyl (C=O) groups is 1. The van der Waals surface area contributed by atoms with Gasteiger partial charge < -0.3 is 24.6 Å². The minimum Gasteiger partial charge on any atom is -0.507 e. The maximum absolute atomic E-state index is 13.5. The number of phenolic OH excluding ortho intramolecular Hbond substituents is 1. The van der Waals surface area contributed by atoms with Gasteiger partial charge in [0.25, 0.3) is 6.47 Å². The molecule has 30 heavy (non-hydrogen) atoms. The Morgan fingerprint density at radius 1 is 1.30 bits per heavy atom. The summed E-state index contributed by atoms with van der Waals surface area (Å²) >= 11 is 0. The fourth-order valence-electron chi connectivity index (χ4n) is 3.78. The van der Waals surface area contributed by atoms with E-state index in [1.807, 2.05) is 14.1 Å². The van der Waals surface area contributed by atoms with E-state index in [1.54, 1.807) is 17.7 Å². The van der Waals surface area contributed by atoms with Crippen LogP contribution in [0.15, 0.2) is 18.3 Å². The lowest BCUT2D eigenvalue weighted by Gasteiger charge is -2.24. The summed E-state index contributed by atoms with van der Waals surface area (Å²) in [5, 5.41) is 17.1. The highest BCUT2D eigenvalue weighted by atomic mass is 19.1.